The van der Waals surface area contributed by atoms with Crippen LogP contribution in [0.5, 0.6) is 5.75 Å². The minimum Gasteiger partial charge on any atom is -0.487 e. The summed E-state index contributed by atoms with van der Waals surface area (Å²) in [4.78, 5) is 14.7. The Kier molecular flexibility index (Phi) is 7.64. The van der Waals surface area contributed by atoms with Crippen molar-refractivity contribution in [2.45, 2.75) is 50.2 Å². The summed E-state index contributed by atoms with van der Waals surface area (Å²) in [5, 5.41) is 9.82. The number of ether oxygens (including phenoxy) is 1. The molecule has 0 unspecified atom stereocenters. The van der Waals surface area contributed by atoms with E-state index in [-0.39, 0.29) is 29.9 Å². The largest absolute Gasteiger partial charge is 0.487 e. The van der Waals surface area contributed by atoms with Crippen LogP contribution >= 0.6 is 0 Å². The molecule has 8 heteroatoms. The van der Waals surface area contributed by atoms with Crippen molar-refractivity contribution in [1.29, 1.82) is 0 Å². The first-order chi connectivity index (χ1) is 16.7. The van der Waals surface area contributed by atoms with Gasteiger partial charge >= 0.3 is 0 Å². The van der Waals surface area contributed by atoms with E-state index in [1.807, 2.05) is 37.3 Å². The van der Waals surface area contributed by atoms with Crippen LogP contribution in [0.4, 0.5) is 0 Å². The monoisotopic (exact) mass is 498 g/mol. The number of benzene rings is 2. The normalized spacial score (nSPS) is 22.8. The molecule has 0 spiro atoms. The number of sulfonamides is 1. The molecular formula is C27H34N2O5S. The van der Waals surface area contributed by atoms with Crippen molar-refractivity contribution in [2.75, 3.05) is 26.7 Å². The van der Waals surface area contributed by atoms with Crippen molar-refractivity contribution in [3.63, 3.8) is 0 Å². The van der Waals surface area contributed by atoms with Crippen molar-refractivity contribution in [3.8, 4) is 5.75 Å². The molecule has 188 valence electrons. The number of amides is 1. The molecule has 35 heavy (non-hydrogen) atoms. The molecule has 0 aromatic heterocycles. The number of nitrogens with zero attached hydrogens (tertiary/aromatic N) is 2. The molecule has 1 heterocycles. The molecule has 0 radical (unpaired) electrons. The van der Waals surface area contributed by atoms with Gasteiger partial charge in [-0.1, -0.05) is 37.3 Å². The van der Waals surface area contributed by atoms with Gasteiger partial charge in [-0.25, -0.2) is 8.42 Å². The number of rotatable bonds is 6. The second-order valence-corrected chi connectivity index (χ2v) is 11.4. The first kappa shape index (κ1) is 25.4. The molecule has 1 aliphatic carbocycles. The summed E-state index contributed by atoms with van der Waals surface area (Å²) in [5.74, 6) is -0.0587. The molecule has 1 N–H and O–H groups in total. The van der Waals surface area contributed by atoms with E-state index in [4.69, 9.17) is 4.74 Å². The zero-order valence-electron chi connectivity index (χ0n) is 20.6. The summed E-state index contributed by atoms with van der Waals surface area (Å²) in [6.07, 6.45) is 4.79. The van der Waals surface area contributed by atoms with Gasteiger partial charge in [0.25, 0.3) is 5.91 Å². The first-order valence-electron chi connectivity index (χ1n) is 12.2. The fraction of sp³-hybridized carbons (Fsp3) is 0.444. The van der Waals surface area contributed by atoms with Crippen molar-refractivity contribution in [3.05, 3.63) is 65.7 Å². The number of aliphatic hydroxyl groups is 1. The molecule has 4 rings (SSSR count). The quantitative estimate of drug-likeness (QED) is 0.655. The topological polar surface area (TPSA) is 87.2 Å². The Morgan fingerprint density at radius 2 is 1.97 bits per heavy atom. The van der Waals surface area contributed by atoms with Crippen molar-refractivity contribution in [2.24, 2.45) is 5.92 Å². The minimum absolute atomic E-state index is 0.0917. The van der Waals surface area contributed by atoms with Crippen LogP contribution in [0.15, 0.2) is 59.5 Å². The lowest BCUT2D eigenvalue weighted by atomic mass is 10.0. The maximum Gasteiger partial charge on any atom is 0.253 e. The second kappa shape index (κ2) is 10.5. The van der Waals surface area contributed by atoms with Crippen LogP contribution in [-0.2, 0) is 10.0 Å². The highest BCUT2D eigenvalue weighted by Gasteiger charge is 2.38. The maximum absolute atomic E-state index is 13.6. The zero-order valence-corrected chi connectivity index (χ0v) is 21.4. The number of hydrogen-bond donors (Lipinski definition) is 1. The molecule has 2 aromatic carbocycles. The average Bonchev–Trinajstić information content (AvgIpc) is 3.40. The van der Waals surface area contributed by atoms with Crippen molar-refractivity contribution < 1.29 is 23.1 Å². The van der Waals surface area contributed by atoms with Gasteiger partial charge in [0.05, 0.1) is 13.2 Å². The van der Waals surface area contributed by atoms with E-state index in [9.17, 15) is 18.3 Å². The Bertz CT molecular complexity index is 1200. The van der Waals surface area contributed by atoms with Gasteiger partial charge in [-0.05, 0) is 61.6 Å². The molecule has 2 aromatic rings. The molecule has 2 aliphatic rings. The molecule has 1 amide bonds. The van der Waals surface area contributed by atoms with Gasteiger partial charge in [0.1, 0.15) is 16.7 Å². The molecule has 7 nitrogen and oxygen atoms in total. The highest BCUT2D eigenvalue weighted by molar-refractivity contribution is 7.89. The third kappa shape index (κ3) is 5.29. The van der Waals surface area contributed by atoms with Crippen LogP contribution < -0.4 is 4.74 Å². The number of carbonyl (C=O) groups excluding carboxylic acids is 1. The Balaban J connectivity index is 1.72. The number of likely N-dealkylation sites (N-methyl/N-ethyl adjacent to an activating group) is 1. The number of allylic oxidation sites excluding steroid dienone is 2. The van der Waals surface area contributed by atoms with Gasteiger partial charge < -0.3 is 14.7 Å². The third-order valence-electron chi connectivity index (χ3n) is 6.90. The van der Waals surface area contributed by atoms with E-state index < -0.39 is 22.2 Å². The van der Waals surface area contributed by atoms with Gasteiger partial charge in [0.2, 0.25) is 10.0 Å². The highest BCUT2D eigenvalue weighted by Crippen LogP contribution is 2.37. The molecule has 0 saturated carbocycles. The Labute approximate surface area is 208 Å². The molecule has 0 saturated heterocycles. The predicted molar refractivity (Wildman–Crippen MR) is 136 cm³/mol. The van der Waals surface area contributed by atoms with E-state index in [1.54, 1.807) is 37.1 Å². The summed E-state index contributed by atoms with van der Waals surface area (Å²) in [6, 6.07) is 13.7. The number of carbonyl (C=O) groups is 1. The van der Waals surface area contributed by atoms with Gasteiger partial charge in [-0.15, -0.1) is 0 Å². The molecule has 0 bridgehead atoms. The maximum atomic E-state index is 13.6. The minimum atomic E-state index is -3.89. The highest BCUT2D eigenvalue weighted by atomic mass is 32.2. The molecule has 0 fully saturated rings. The third-order valence-corrected chi connectivity index (χ3v) is 8.92. The lowest BCUT2D eigenvalue weighted by Crippen LogP contribution is -2.50. The summed E-state index contributed by atoms with van der Waals surface area (Å²) in [5.41, 5.74) is 2.73. The van der Waals surface area contributed by atoms with Crippen LogP contribution in [0.3, 0.4) is 0 Å². The van der Waals surface area contributed by atoms with E-state index in [2.05, 4.69) is 6.08 Å². The zero-order chi connectivity index (χ0) is 25.2. The molecule has 1 aliphatic heterocycles. The van der Waals surface area contributed by atoms with Crippen molar-refractivity contribution >= 4 is 21.5 Å². The fourth-order valence-electron chi connectivity index (χ4n) is 4.73. The lowest BCUT2D eigenvalue weighted by Gasteiger charge is -2.37. The van der Waals surface area contributed by atoms with Crippen LogP contribution in [0.25, 0.3) is 5.57 Å². The van der Waals surface area contributed by atoms with Crippen LogP contribution in [0, 0.1) is 5.92 Å². The fourth-order valence-corrected chi connectivity index (χ4v) is 6.56. The van der Waals surface area contributed by atoms with Gasteiger partial charge in [0.15, 0.2) is 0 Å². The van der Waals surface area contributed by atoms with Crippen LogP contribution in [-0.4, -0.2) is 67.5 Å². The Morgan fingerprint density at radius 1 is 1.23 bits per heavy atom. The van der Waals surface area contributed by atoms with Crippen molar-refractivity contribution in [1.82, 2.24) is 9.21 Å². The van der Waals surface area contributed by atoms with Gasteiger partial charge in [-0.3, -0.25) is 4.79 Å². The van der Waals surface area contributed by atoms with E-state index in [0.29, 0.717) is 17.9 Å². The van der Waals surface area contributed by atoms with Gasteiger partial charge in [-0.2, -0.15) is 4.31 Å². The first-order valence-corrected chi connectivity index (χ1v) is 13.6. The summed E-state index contributed by atoms with van der Waals surface area (Å²) < 4.78 is 35.0. The predicted octanol–water partition coefficient (Wildman–Crippen LogP) is 3.79. The summed E-state index contributed by atoms with van der Waals surface area (Å²) in [7, 11) is -2.16. The number of aliphatic hydroxyl groups excluding tert-OH is 1. The average molecular weight is 499 g/mol. The lowest BCUT2D eigenvalue weighted by molar-refractivity contribution is 0.0563. The Morgan fingerprint density at radius 3 is 2.63 bits per heavy atom. The smallest absolute Gasteiger partial charge is 0.253 e. The number of hydrogen-bond acceptors (Lipinski definition) is 5. The van der Waals surface area contributed by atoms with Crippen LogP contribution in [0.2, 0.25) is 0 Å². The number of fused-ring (bicyclic) bond motifs is 1. The van der Waals surface area contributed by atoms with E-state index >= 15 is 0 Å². The second-order valence-electron chi connectivity index (χ2n) is 9.57. The molecular weight excluding hydrogens is 464 g/mol. The van der Waals surface area contributed by atoms with Gasteiger partial charge in [0, 0.05) is 31.1 Å². The standard InChI is InChI=1S/C27H34N2O5S/c1-19-16-29(20(2)18-30)35(32,33)26-14-13-23(21-9-7-8-10-21)15-24(26)34-25(19)17-28(3)27(31)22-11-5-4-6-12-22/h4-6,9,11-15,19-20,25,30H,7-8,10,16-18H2,1-3H3/t19-,20+,25+/m0/s1. The Hall–Kier alpha value is -2.68. The SMILES string of the molecule is C[C@H](CO)N1C[C@H](C)[C@@H](CN(C)C(=O)c2ccccc2)Oc2cc(C3=CCCC3)ccc2S1(=O)=O. The molecule has 3 atom stereocenters. The van der Waals surface area contributed by atoms with E-state index in [0.717, 1.165) is 24.8 Å². The summed E-state index contributed by atoms with van der Waals surface area (Å²) >= 11 is 0. The summed E-state index contributed by atoms with van der Waals surface area (Å²) in [6.45, 7) is 3.80. The van der Waals surface area contributed by atoms with Crippen LogP contribution in [0.1, 0.15) is 49.0 Å². The van der Waals surface area contributed by atoms with E-state index in [1.165, 1.54) is 9.88 Å².